The number of hydrogen-bond acceptors (Lipinski definition) is 14. The molecule has 0 aromatic heterocycles. The molecule has 0 spiro atoms. The first kappa shape index (κ1) is 28.4. The van der Waals surface area contributed by atoms with E-state index in [9.17, 15) is 39.4 Å². The van der Waals surface area contributed by atoms with Crippen LogP contribution in [0.5, 0.6) is 0 Å². The monoisotopic (exact) mass is 530 g/mol. The Hall–Kier alpha value is -3.79. The van der Waals surface area contributed by atoms with Crippen LogP contribution in [0.4, 0.5) is 11.4 Å². The van der Waals surface area contributed by atoms with Crippen LogP contribution in [-0.4, -0.2) is 70.2 Å². The number of carbonyl (C=O) groups excluding carboxylic acids is 4. The molecular weight excluding hydrogens is 508 g/mol. The number of hydrogen-bond donors (Lipinski definition) is 0. The first-order valence-corrected chi connectivity index (χ1v) is 11.1. The van der Waals surface area contributed by atoms with E-state index >= 15 is 0 Å². The molecule has 2 rings (SSSR count). The first-order chi connectivity index (χ1) is 16.8. The molecule has 1 aliphatic rings. The Morgan fingerprint density at radius 1 is 0.861 bits per heavy atom. The van der Waals surface area contributed by atoms with Gasteiger partial charge in [-0.2, -0.15) is 0 Å². The summed E-state index contributed by atoms with van der Waals surface area (Å²) in [4.78, 5) is 67.8. The van der Waals surface area contributed by atoms with E-state index in [1.54, 1.807) is 0 Å². The van der Waals surface area contributed by atoms with Gasteiger partial charge in [0.05, 0.1) is 20.8 Å². The van der Waals surface area contributed by atoms with Crippen molar-refractivity contribution < 1.29 is 52.7 Å². The highest BCUT2D eigenvalue weighted by Crippen LogP contribution is 2.41. The fourth-order valence-electron chi connectivity index (χ4n) is 3.27. The third-order valence-electron chi connectivity index (χ3n) is 4.54. The standard InChI is InChI=1S/C20H22N2O13S/c1-9(23)31-8-15-17(32-10(2)24)18(33-11(3)25)19(34-12(4)26)20(35-15)36-16-6-5-13(21(27)28)7-14(16)22(29)30/h5-7,15,17-20H,8H2,1-4H3/t15-,17+,18+,19-,20+/m1/s1. The van der Waals surface area contributed by atoms with Crippen LogP contribution >= 0.6 is 11.8 Å². The number of thioether (sulfide) groups is 1. The molecule has 0 N–H and O–H groups in total. The third-order valence-corrected chi connectivity index (χ3v) is 5.75. The number of nitrogens with zero attached hydrogens (tertiary/aromatic N) is 2. The SMILES string of the molecule is CC(=O)OC[C@H]1O[C@@H](Sc2ccc([N+](=O)[O-])cc2[N+](=O)[O-])[C@H](OC(C)=O)[C@@H](OC(C)=O)[C@H]1OC(C)=O. The van der Waals surface area contributed by atoms with E-state index in [4.69, 9.17) is 23.7 Å². The van der Waals surface area contributed by atoms with E-state index < -0.39 is 81.6 Å². The van der Waals surface area contributed by atoms with Crippen LogP contribution in [0.15, 0.2) is 23.1 Å². The summed E-state index contributed by atoms with van der Waals surface area (Å²) in [5.41, 5.74) is -2.50. The Morgan fingerprint density at radius 3 is 1.92 bits per heavy atom. The molecule has 1 heterocycles. The second-order valence-electron chi connectivity index (χ2n) is 7.35. The lowest BCUT2D eigenvalue weighted by Crippen LogP contribution is -2.61. The Labute approximate surface area is 207 Å². The number of esters is 4. The fourth-order valence-corrected chi connectivity index (χ4v) is 4.46. The predicted octanol–water partition coefficient (Wildman–Crippen LogP) is 1.68. The zero-order valence-corrected chi connectivity index (χ0v) is 20.3. The number of ether oxygens (including phenoxy) is 5. The topological polar surface area (TPSA) is 201 Å². The molecule has 0 bridgehead atoms. The van der Waals surface area contributed by atoms with Crippen molar-refractivity contribution in [2.24, 2.45) is 0 Å². The molecule has 196 valence electrons. The Bertz CT molecular complexity index is 1060. The number of carbonyl (C=O) groups is 4. The van der Waals surface area contributed by atoms with Gasteiger partial charge < -0.3 is 23.7 Å². The van der Waals surface area contributed by atoms with Crippen LogP contribution in [0, 0.1) is 20.2 Å². The molecule has 1 aliphatic heterocycles. The molecule has 0 saturated carbocycles. The molecular formula is C20H22N2O13S. The van der Waals surface area contributed by atoms with Crippen LogP contribution in [-0.2, 0) is 42.9 Å². The van der Waals surface area contributed by atoms with Crippen LogP contribution in [0.25, 0.3) is 0 Å². The van der Waals surface area contributed by atoms with E-state index in [0.717, 1.165) is 45.9 Å². The Morgan fingerprint density at radius 2 is 1.42 bits per heavy atom. The first-order valence-electron chi connectivity index (χ1n) is 10.2. The second kappa shape index (κ2) is 12.3. The summed E-state index contributed by atoms with van der Waals surface area (Å²) >= 11 is 0.644. The molecule has 16 heteroatoms. The van der Waals surface area contributed by atoms with E-state index in [1.807, 2.05) is 0 Å². The number of non-ortho nitro benzene ring substituents is 1. The van der Waals surface area contributed by atoms with E-state index in [1.165, 1.54) is 0 Å². The molecule has 5 atom stereocenters. The van der Waals surface area contributed by atoms with Gasteiger partial charge in [-0.15, -0.1) is 0 Å². The highest BCUT2D eigenvalue weighted by Gasteiger charge is 2.52. The molecule has 0 amide bonds. The number of nitro groups is 2. The van der Waals surface area contributed by atoms with Gasteiger partial charge in [0.2, 0.25) is 0 Å². The van der Waals surface area contributed by atoms with Crippen molar-refractivity contribution in [3.05, 3.63) is 38.4 Å². The smallest absolute Gasteiger partial charge is 0.303 e. The summed E-state index contributed by atoms with van der Waals surface area (Å²) in [5, 5.41) is 22.6. The minimum absolute atomic E-state index is 0.105. The van der Waals surface area contributed by atoms with Gasteiger partial charge in [0.15, 0.2) is 18.3 Å². The Balaban J connectivity index is 2.57. The maximum Gasteiger partial charge on any atom is 0.303 e. The van der Waals surface area contributed by atoms with Crippen LogP contribution in [0.2, 0.25) is 0 Å². The third kappa shape index (κ3) is 7.61. The van der Waals surface area contributed by atoms with Crippen molar-refractivity contribution in [2.75, 3.05) is 6.61 Å². The van der Waals surface area contributed by atoms with Gasteiger partial charge in [0.1, 0.15) is 18.1 Å². The lowest BCUT2D eigenvalue weighted by Gasteiger charge is -2.44. The van der Waals surface area contributed by atoms with E-state index in [-0.39, 0.29) is 4.90 Å². The van der Waals surface area contributed by atoms with Gasteiger partial charge in [-0.05, 0) is 6.07 Å². The predicted molar refractivity (Wildman–Crippen MR) is 118 cm³/mol. The summed E-state index contributed by atoms with van der Waals surface area (Å²) in [6, 6.07) is 2.88. The molecule has 1 saturated heterocycles. The van der Waals surface area contributed by atoms with Crippen molar-refractivity contribution in [1.29, 1.82) is 0 Å². The molecule has 0 unspecified atom stereocenters. The number of nitro benzene ring substituents is 2. The zero-order valence-electron chi connectivity index (χ0n) is 19.4. The molecule has 15 nitrogen and oxygen atoms in total. The van der Waals surface area contributed by atoms with E-state index in [2.05, 4.69) is 0 Å². The van der Waals surface area contributed by atoms with Crippen molar-refractivity contribution in [3.8, 4) is 0 Å². The molecule has 36 heavy (non-hydrogen) atoms. The summed E-state index contributed by atoms with van der Waals surface area (Å²) in [6.45, 7) is 3.80. The van der Waals surface area contributed by atoms with Crippen LogP contribution in [0.3, 0.4) is 0 Å². The van der Waals surface area contributed by atoms with Crippen LogP contribution in [0.1, 0.15) is 27.7 Å². The van der Waals surface area contributed by atoms with Crippen LogP contribution < -0.4 is 0 Å². The molecule has 1 aromatic rings. The molecule has 1 aromatic carbocycles. The van der Waals surface area contributed by atoms with Gasteiger partial charge in [0.25, 0.3) is 11.4 Å². The normalized spacial score (nSPS) is 23.2. The van der Waals surface area contributed by atoms with Crippen molar-refractivity contribution in [1.82, 2.24) is 0 Å². The average Bonchev–Trinajstić information content (AvgIpc) is 2.75. The van der Waals surface area contributed by atoms with Gasteiger partial charge >= 0.3 is 23.9 Å². The van der Waals surface area contributed by atoms with Gasteiger partial charge in [-0.25, -0.2) is 0 Å². The maximum atomic E-state index is 11.9. The lowest BCUT2D eigenvalue weighted by atomic mass is 9.99. The summed E-state index contributed by atoms with van der Waals surface area (Å²) in [6.07, 6.45) is -5.55. The van der Waals surface area contributed by atoms with Crippen molar-refractivity contribution in [2.45, 2.75) is 62.4 Å². The van der Waals surface area contributed by atoms with Crippen molar-refractivity contribution in [3.63, 3.8) is 0 Å². The lowest BCUT2D eigenvalue weighted by molar-refractivity contribution is -0.396. The number of benzene rings is 1. The van der Waals surface area contributed by atoms with E-state index in [0.29, 0.717) is 11.8 Å². The maximum absolute atomic E-state index is 11.9. The minimum Gasteiger partial charge on any atom is -0.463 e. The second-order valence-corrected chi connectivity index (χ2v) is 8.49. The highest BCUT2D eigenvalue weighted by molar-refractivity contribution is 8.00. The fraction of sp³-hybridized carbons (Fsp3) is 0.500. The Kier molecular flexibility index (Phi) is 9.68. The molecule has 0 aliphatic carbocycles. The van der Waals surface area contributed by atoms with Crippen molar-refractivity contribution >= 4 is 47.0 Å². The average molecular weight is 530 g/mol. The summed E-state index contributed by atoms with van der Waals surface area (Å²) in [5.74, 6) is -3.20. The number of rotatable bonds is 9. The van der Waals surface area contributed by atoms with Gasteiger partial charge in [-0.1, -0.05) is 11.8 Å². The summed E-state index contributed by atoms with van der Waals surface area (Å²) in [7, 11) is 0. The largest absolute Gasteiger partial charge is 0.463 e. The highest BCUT2D eigenvalue weighted by atomic mass is 32.2. The quantitative estimate of drug-likeness (QED) is 0.193. The van der Waals surface area contributed by atoms with Gasteiger partial charge in [0, 0.05) is 33.8 Å². The zero-order chi connectivity index (χ0) is 27.2. The molecule has 1 fully saturated rings. The van der Waals surface area contributed by atoms with Gasteiger partial charge in [-0.3, -0.25) is 39.4 Å². The minimum atomic E-state index is -1.46. The summed E-state index contributed by atoms with van der Waals surface area (Å²) < 4.78 is 26.7. The molecule has 0 radical (unpaired) electrons.